The normalized spacial score (nSPS) is 20.7. The molecule has 0 saturated carbocycles. The summed E-state index contributed by atoms with van der Waals surface area (Å²) in [6.07, 6.45) is -2.97. The maximum absolute atomic E-state index is 12.4. The van der Waals surface area contributed by atoms with E-state index in [1.165, 1.54) is 4.31 Å². The van der Waals surface area contributed by atoms with E-state index in [0.29, 0.717) is 18.0 Å². The molecule has 2 amide bonds. The molecule has 0 spiro atoms. The standard InChI is InChI=1S/C14H22F3N3O4S/c15-14(16,17)13(22)19-8-3-11(4-9-19)12(21)18-5-10-25(23,24)20-6-1-2-7-20/h11H,1-10H2,(H,18,21). The molecule has 1 N–H and O–H groups in total. The van der Waals surface area contributed by atoms with Crippen LogP contribution in [0.5, 0.6) is 0 Å². The van der Waals surface area contributed by atoms with Gasteiger partial charge in [-0.3, -0.25) is 9.59 Å². The van der Waals surface area contributed by atoms with E-state index in [1.54, 1.807) is 0 Å². The summed E-state index contributed by atoms with van der Waals surface area (Å²) < 4.78 is 62.5. The van der Waals surface area contributed by atoms with E-state index in [4.69, 9.17) is 0 Å². The van der Waals surface area contributed by atoms with Gasteiger partial charge in [0.2, 0.25) is 15.9 Å². The third kappa shape index (κ3) is 5.30. The van der Waals surface area contributed by atoms with Crippen LogP contribution >= 0.6 is 0 Å². The van der Waals surface area contributed by atoms with Crippen molar-refractivity contribution in [3.63, 3.8) is 0 Å². The van der Waals surface area contributed by atoms with E-state index in [-0.39, 0.29) is 44.1 Å². The largest absolute Gasteiger partial charge is 0.471 e. The second-order valence-electron chi connectivity index (χ2n) is 6.28. The molecule has 2 fully saturated rings. The Morgan fingerprint density at radius 3 is 2.12 bits per heavy atom. The topological polar surface area (TPSA) is 86.8 Å². The van der Waals surface area contributed by atoms with Crippen LogP contribution in [0.2, 0.25) is 0 Å². The van der Waals surface area contributed by atoms with Gasteiger partial charge in [-0.2, -0.15) is 13.2 Å². The number of nitrogens with zero attached hydrogens (tertiary/aromatic N) is 2. The van der Waals surface area contributed by atoms with Gasteiger partial charge in [-0.1, -0.05) is 0 Å². The zero-order valence-corrected chi connectivity index (χ0v) is 14.5. The van der Waals surface area contributed by atoms with Crippen LogP contribution in [0.15, 0.2) is 0 Å². The van der Waals surface area contributed by atoms with Crippen molar-refractivity contribution in [2.45, 2.75) is 31.9 Å². The first-order chi connectivity index (χ1) is 11.6. The Bertz CT molecular complexity index is 595. The summed E-state index contributed by atoms with van der Waals surface area (Å²) >= 11 is 0. The Balaban J connectivity index is 1.73. The molecule has 0 unspecified atom stereocenters. The highest BCUT2D eigenvalue weighted by Crippen LogP contribution is 2.24. The lowest BCUT2D eigenvalue weighted by atomic mass is 9.96. The second-order valence-corrected chi connectivity index (χ2v) is 8.37. The van der Waals surface area contributed by atoms with E-state index in [1.807, 2.05) is 0 Å². The Kier molecular flexibility index (Phi) is 6.30. The van der Waals surface area contributed by atoms with Crippen molar-refractivity contribution in [1.29, 1.82) is 0 Å². The van der Waals surface area contributed by atoms with Crippen LogP contribution in [0.4, 0.5) is 13.2 Å². The lowest BCUT2D eigenvalue weighted by Crippen LogP contribution is -2.48. The van der Waals surface area contributed by atoms with E-state index < -0.39 is 28.0 Å². The van der Waals surface area contributed by atoms with Crippen molar-refractivity contribution in [2.75, 3.05) is 38.5 Å². The monoisotopic (exact) mass is 385 g/mol. The Morgan fingerprint density at radius 2 is 1.60 bits per heavy atom. The summed E-state index contributed by atoms with van der Waals surface area (Å²) in [5, 5.41) is 2.54. The van der Waals surface area contributed by atoms with E-state index in [0.717, 1.165) is 12.8 Å². The van der Waals surface area contributed by atoms with Crippen molar-refractivity contribution in [3.05, 3.63) is 0 Å². The van der Waals surface area contributed by atoms with Crippen molar-refractivity contribution in [2.24, 2.45) is 5.92 Å². The third-order valence-corrected chi connectivity index (χ3v) is 6.39. The number of amides is 2. The molecule has 0 aromatic rings. The first kappa shape index (κ1) is 20.0. The Morgan fingerprint density at radius 1 is 1.04 bits per heavy atom. The zero-order chi connectivity index (χ0) is 18.7. The summed E-state index contributed by atoms with van der Waals surface area (Å²) in [7, 11) is -3.38. The Labute approximate surface area is 144 Å². The number of sulfonamides is 1. The van der Waals surface area contributed by atoms with Gasteiger partial charge in [0, 0.05) is 38.6 Å². The van der Waals surface area contributed by atoms with Gasteiger partial charge in [0.1, 0.15) is 0 Å². The number of likely N-dealkylation sites (tertiary alicyclic amines) is 1. The predicted octanol–water partition coefficient (Wildman–Crippen LogP) is 0.329. The molecule has 2 aliphatic heterocycles. The number of piperidine rings is 1. The molecule has 2 aliphatic rings. The number of carbonyl (C=O) groups excluding carboxylic acids is 2. The molecule has 0 aliphatic carbocycles. The molecule has 0 radical (unpaired) electrons. The summed E-state index contributed by atoms with van der Waals surface area (Å²) in [5.41, 5.74) is 0. The molecule has 2 saturated heterocycles. The van der Waals surface area contributed by atoms with Gasteiger partial charge in [0.05, 0.1) is 5.75 Å². The van der Waals surface area contributed by atoms with E-state index in [9.17, 15) is 31.2 Å². The van der Waals surface area contributed by atoms with E-state index >= 15 is 0 Å². The average Bonchev–Trinajstić information content (AvgIpc) is 3.08. The molecule has 0 bridgehead atoms. The molecule has 2 rings (SSSR count). The molecule has 25 heavy (non-hydrogen) atoms. The molecular formula is C14H22F3N3O4S. The number of nitrogens with one attached hydrogen (secondary N) is 1. The molecule has 144 valence electrons. The molecule has 0 aromatic carbocycles. The van der Waals surface area contributed by atoms with Gasteiger partial charge < -0.3 is 10.2 Å². The maximum atomic E-state index is 12.4. The number of alkyl halides is 3. The summed E-state index contributed by atoms with van der Waals surface area (Å²) in [6, 6.07) is 0. The number of hydrogen-bond acceptors (Lipinski definition) is 4. The summed E-state index contributed by atoms with van der Waals surface area (Å²) in [4.78, 5) is 23.9. The smallest absolute Gasteiger partial charge is 0.355 e. The Hall–Kier alpha value is -1.36. The predicted molar refractivity (Wildman–Crippen MR) is 83.0 cm³/mol. The number of halogens is 3. The van der Waals surface area contributed by atoms with Crippen LogP contribution in [0.3, 0.4) is 0 Å². The van der Waals surface area contributed by atoms with Gasteiger partial charge in [-0.15, -0.1) is 0 Å². The van der Waals surface area contributed by atoms with Crippen LogP contribution in [0.1, 0.15) is 25.7 Å². The minimum absolute atomic E-state index is 0.0284. The van der Waals surface area contributed by atoms with E-state index in [2.05, 4.69) is 5.32 Å². The van der Waals surface area contributed by atoms with Crippen molar-refractivity contribution < 1.29 is 31.2 Å². The van der Waals surface area contributed by atoms with Crippen LogP contribution in [0, 0.1) is 5.92 Å². The zero-order valence-electron chi connectivity index (χ0n) is 13.7. The third-order valence-electron chi connectivity index (χ3n) is 4.51. The van der Waals surface area contributed by atoms with Crippen LogP contribution in [-0.4, -0.2) is 74.1 Å². The minimum atomic E-state index is -4.90. The van der Waals surface area contributed by atoms with Crippen LogP contribution in [0.25, 0.3) is 0 Å². The quantitative estimate of drug-likeness (QED) is 0.739. The fraction of sp³-hybridized carbons (Fsp3) is 0.857. The maximum Gasteiger partial charge on any atom is 0.471 e. The number of rotatable bonds is 5. The van der Waals surface area contributed by atoms with Gasteiger partial charge in [0.15, 0.2) is 0 Å². The first-order valence-electron chi connectivity index (χ1n) is 8.23. The number of hydrogen-bond donors (Lipinski definition) is 1. The fourth-order valence-electron chi connectivity index (χ4n) is 3.07. The van der Waals surface area contributed by atoms with Crippen LogP contribution in [-0.2, 0) is 19.6 Å². The molecule has 7 nitrogen and oxygen atoms in total. The summed E-state index contributed by atoms with van der Waals surface area (Å²) in [5.74, 6) is -2.96. The van der Waals surface area contributed by atoms with Crippen molar-refractivity contribution in [3.8, 4) is 0 Å². The van der Waals surface area contributed by atoms with Gasteiger partial charge in [0.25, 0.3) is 0 Å². The molecule has 2 heterocycles. The number of carbonyl (C=O) groups is 2. The van der Waals surface area contributed by atoms with Gasteiger partial charge >= 0.3 is 12.1 Å². The lowest BCUT2D eigenvalue weighted by molar-refractivity contribution is -0.186. The minimum Gasteiger partial charge on any atom is -0.355 e. The fourth-order valence-corrected chi connectivity index (χ4v) is 4.50. The molecular weight excluding hydrogens is 363 g/mol. The first-order valence-corrected chi connectivity index (χ1v) is 9.84. The van der Waals surface area contributed by atoms with Gasteiger partial charge in [-0.05, 0) is 25.7 Å². The molecule has 0 aromatic heterocycles. The molecule has 11 heteroatoms. The second kappa shape index (κ2) is 7.90. The van der Waals surface area contributed by atoms with Crippen molar-refractivity contribution >= 4 is 21.8 Å². The SMILES string of the molecule is O=C(NCCS(=O)(=O)N1CCCC1)C1CCN(C(=O)C(F)(F)F)CC1. The van der Waals surface area contributed by atoms with Crippen LogP contribution < -0.4 is 5.32 Å². The van der Waals surface area contributed by atoms with Gasteiger partial charge in [-0.25, -0.2) is 12.7 Å². The highest BCUT2D eigenvalue weighted by atomic mass is 32.2. The highest BCUT2D eigenvalue weighted by molar-refractivity contribution is 7.89. The highest BCUT2D eigenvalue weighted by Gasteiger charge is 2.43. The summed E-state index contributed by atoms with van der Waals surface area (Å²) in [6.45, 7) is 0.703. The lowest BCUT2D eigenvalue weighted by Gasteiger charge is -2.31. The molecule has 0 atom stereocenters. The average molecular weight is 385 g/mol. The van der Waals surface area contributed by atoms with Crippen molar-refractivity contribution in [1.82, 2.24) is 14.5 Å².